The van der Waals surface area contributed by atoms with Crippen LogP contribution in [0.3, 0.4) is 0 Å². The van der Waals surface area contributed by atoms with Crippen molar-refractivity contribution in [2.24, 2.45) is 0 Å². The van der Waals surface area contributed by atoms with Crippen molar-refractivity contribution < 1.29 is 19.6 Å². The molecule has 1 aromatic carbocycles. The number of rotatable bonds is 7. The Hall–Kier alpha value is -1.67. The van der Waals surface area contributed by atoms with Gasteiger partial charge in [0.25, 0.3) is 5.91 Å². The first kappa shape index (κ1) is 17.4. The van der Waals surface area contributed by atoms with Crippen molar-refractivity contribution in [1.82, 2.24) is 5.32 Å². The Morgan fingerprint density at radius 2 is 2.24 bits per heavy atom. The van der Waals surface area contributed by atoms with Crippen molar-refractivity contribution in [2.75, 3.05) is 13.2 Å². The molecule has 7 nitrogen and oxygen atoms in total. The van der Waals surface area contributed by atoms with Crippen molar-refractivity contribution in [1.29, 1.82) is 0 Å². The molecule has 116 valence electrons. The zero-order chi connectivity index (χ0) is 16.0. The summed E-state index contributed by atoms with van der Waals surface area (Å²) in [5.41, 5.74) is -0.0528. The third-order valence-corrected chi connectivity index (χ3v) is 3.09. The molecule has 0 aliphatic rings. The van der Waals surface area contributed by atoms with Crippen molar-refractivity contribution in [3.8, 4) is 5.75 Å². The lowest BCUT2D eigenvalue weighted by Gasteiger charge is -2.14. The molecule has 0 spiro atoms. The van der Waals surface area contributed by atoms with Gasteiger partial charge in [0, 0.05) is 22.6 Å². The maximum Gasteiger partial charge on any atom is 0.312 e. The number of hydrogen-bond donors (Lipinski definition) is 2. The van der Waals surface area contributed by atoms with E-state index in [-0.39, 0.29) is 29.5 Å². The van der Waals surface area contributed by atoms with Crippen LogP contribution in [-0.2, 0) is 4.79 Å². The smallest absolute Gasteiger partial charge is 0.312 e. The Labute approximate surface area is 130 Å². The van der Waals surface area contributed by atoms with Crippen LogP contribution in [0.1, 0.15) is 31.9 Å². The Morgan fingerprint density at radius 1 is 1.57 bits per heavy atom. The summed E-state index contributed by atoms with van der Waals surface area (Å²) in [5.74, 6) is -0.463. The van der Waals surface area contributed by atoms with Gasteiger partial charge in [0.2, 0.25) is 5.75 Å². The molecule has 1 aromatic rings. The van der Waals surface area contributed by atoms with E-state index < -0.39 is 11.0 Å². The van der Waals surface area contributed by atoms with Gasteiger partial charge in [0.15, 0.2) is 6.61 Å². The van der Waals surface area contributed by atoms with Gasteiger partial charge in [-0.05, 0) is 19.4 Å². The number of aliphatic hydroxyl groups excluding tert-OH is 1. The number of nitrogens with one attached hydrogen (secondary N) is 1. The van der Waals surface area contributed by atoms with Crippen LogP contribution in [0.15, 0.2) is 16.6 Å². The predicted octanol–water partition coefficient (Wildman–Crippen LogP) is 2.32. The summed E-state index contributed by atoms with van der Waals surface area (Å²) < 4.78 is 5.72. The standard InChI is InChI=1S/C13H17BrN2O5/c1-3-4-15-12(18)7-21-13-10(8(2)17)5-9(14)6-11(13)16(19)20/h5-6,8,17H,3-4,7H2,1-2H3,(H,15,18). The minimum atomic E-state index is -0.963. The molecule has 1 atom stereocenters. The van der Waals surface area contributed by atoms with Gasteiger partial charge in [0.1, 0.15) is 0 Å². The van der Waals surface area contributed by atoms with Crippen LogP contribution in [0.4, 0.5) is 5.69 Å². The van der Waals surface area contributed by atoms with Crippen LogP contribution in [0.2, 0.25) is 0 Å². The van der Waals surface area contributed by atoms with E-state index in [0.29, 0.717) is 11.0 Å². The largest absolute Gasteiger partial charge is 0.476 e. The highest BCUT2D eigenvalue weighted by molar-refractivity contribution is 9.10. The summed E-state index contributed by atoms with van der Waals surface area (Å²) in [4.78, 5) is 22.0. The van der Waals surface area contributed by atoms with Gasteiger partial charge in [-0.25, -0.2) is 0 Å². The number of carbonyl (C=O) groups is 1. The SMILES string of the molecule is CCCNC(=O)COc1c(C(C)O)cc(Br)cc1[N+](=O)[O-]. The predicted molar refractivity (Wildman–Crippen MR) is 80.2 cm³/mol. The number of nitrogens with zero attached hydrogens (tertiary/aromatic N) is 1. The zero-order valence-electron chi connectivity index (χ0n) is 11.8. The van der Waals surface area contributed by atoms with Gasteiger partial charge in [-0.3, -0.25) is 14.9 Å². The van der Waals surface area contributed by atoms with Crippen LogP contribution in [0.5, 0.6) is 5.75 Å². The molecular formula is C13H17BrN2O5. The molecule has 21 heavy (non-hydrogen) atoms. The first-order valence-electron chi connectivity index (χ1n) is 6.42. The summed E-state index contributed by atoms with van der Waals surface area (Å²) in [6.45, 7) is 3.54. The number of nitro groups is 1. The highest BCUT2D eigenvalue weighted by atomic mass is 79.9. The highest BCUT2D eigenvalue weighted by Crippen LogP contribution is 2.37. The van der Waals surface area contributed by atoms with Crippen LogP contribution in [0, 0.1) is 10.1 Å². The van der Waals surface area contributed by atoms with E-state index >= 15 is 0 Å². The maximum atomic E-state index is 11.5. The Kier molecular flexibility index (Phi) is 6.57. The van der Waals surface area contributed by atoms with E-state index in [1.54, 1.807) is 0 Å². The molecule has 1 amide bonds. The maximum absolute atomic E-state index is 11.5. The molecule has 8 heteroatoms. The molecule has 0 aromatic heterocycles. The van der Waals surface area contributed by atoms with Crippen molar-refractivity contribution in [3.05, 3.63) is 32.3 Å². The first-order valence-corrected chi connectivity index (χ1v) is 7.21. The number of hydrogen-bond acceptors (Lipinski definition) is 5. The third kappa shape index (κ3) is 4.98. The molecule has 2 N–H and O–H groups in total. The number of aliphatic hydroxyl groups is 1. The second kappa shape index (κ2) is 7.94. The monoisotopic (exact) mass is 360 g/mol. The van der Waals surface area contributed by atoms with Gasteiger partial charge >= 0.3 is 5.69 Å². The molecule has 0 heterocycles. The van der Waals surface area contributed by atoms with E-state index in [1.807, 2.05) is 6.92 Å². The third-order valence-electron chi connectivity index (χ3n) is 2.63. The summed E-state index contributed by atoms with van der Waals surface area (Å²) in [6.07, 6.45) is -0.182. The molecule has 0 saturated heterocycles. The number of nitro benzene ring substituents is 1. The molecule has 0 aliphatic heterocycles. The lowest BCUT2D eigenvalue weighted by molar-refractivity contribution is -0.386. The number of ether oxygens (including phenoxy) is 1. The second-order valence-electron chi connectivity index (χ2n) is 4.41. The normalized spacial score (nSPS) is 11.8. The van der Waals surface area contributed by atoms with E-state index in [9.17, 15) is 20.0 Å². The Bertz CT molecular complexity index is 534. The zero-order valence-corrected chi connectivity index (χ0v) is 13.3. The molecule has 0 aliphatic carbocycles. The van der Waals surface area contributed by atoms with Gasteiger partial charge < -0.3 is 15.2 Å². The fraction of sp³-hybridized carbons (Fsp3) is 0.462. The summed E-state index contributed by atoms with van der Waals surface area (Å²) >= 11 is 3.15. The Balaban J connectivity index is 3.02. The van der Waals surface area contributed by atoms with Crippen LogP contribution in [-0.4, -0.2) is 29.1 Å². The minimum absolute atomic E-state index is 0.0927. The molecule has 0 fully saturated rings. The van der Waals surface area contributed by atoms with Crippen LogP contribution < -0.4 is 10.1 Å². The number of halogens is 1. The van der Waals surface area contributed by atoms with E-state index in [4.69, 9.17) is 4.74 Å². The quantitative estimate of drug-likeness (QED) is 0.573. The number of carbonyl (C=O) groups excluding carboxylic acids is 1. The van der Waals surface area contributed by atoms with Gasteiger partial charge in [-0.1, -0.05) is 22.9 Å². The molecular weight excluding hydrogens is 344 g/mol. The molecule has 0 saturated carbocycles. The summed E-state index contributed by atoms with van der Waals surface area (Å²) in [6, 6.07) is 2.79. The van der Waals surface area contributed by atoms with Crippen molar-refractivity contribution in [3.63, 3.8) is 0 Å². The minimum Gasteiger partial charge on any atom is -0.476 e. The lowest BCUT2D eigenvalue weighted by atomic mass is 10.1. The molecule has 1 rings (SSSR count). The summed E-state index contributed by atoms with van der Waals surface area (Å²) in [5, 5.41) is 23.4. The van der Waals surface area contributed by atoms with Gasteiger partial charge in [-0.15, -0.1) is 0 Å². The van der Waals surface area contributed by atoms with Crippen molar-refractivity contribution >= 4 is 27.5 Å². The van der Waals surface area contributed by atoms with Crippen molar-refractivity contribution in [2.45, 2.75) is 26.4 Å². The second-order valence-corrected chi connectivity index (χ2v) is 5.33. The average molecular weight is 361 g/mol. The molecule has 0 bridgehead atoms. The lowest BCUT2D eigenvalue weighted by Crippen LogP contribution is -2.29. The molecule has 1 unspecified atom stereocenters. The van der Waals surface area contributed by atoms with Gasteiger partial charge in [-0.2, -0.15) is 0 Å². The van der Waals surface area contributed by atoms with Crippen LogP contribution in [0.25, 0.3) is 0 Å². The van der Waals surface area contributed by atoms with E-state index in [2.05, 4.69) is 21.2 Å². The van der Waals surface area contributed by atoms with Gasteiger partial charge in [0.05, 0.1) is 11.0 Å². The fourth-order valence-electron chi connectivity index (χ4n) is 1.66. The highest BCUT2D eigenvalue weighted by Gasteiger charge is 2.24. The van der Waals surface area contributed by atoms with E-state index in [1.165, 1.54) is 19.1 Å². The molecule has 0 radical (unpaired) electrons. The first-order chi connectivity index (χ1) is 9.86. The number of benzene rings is 1. The van der Waals surface area contributed by atoms with Crippen LogP contribution >= 0.6 is 15.9 Å². The topological polar surface area (TPSA) is 102 Å². The fourth-order valence-corrected chi connectivity index (χ4v) is 2.12. The average Bonchev–Trinajstić information content (AvgIpc) is 2.42. The number of amides is 1. The summed E-state index contributed by atoms with van der Waals surface area (Å²) in [7, 11) is 0. The van der Waals surface area contributed by atoms with E-state index in [0.717, 1.165) is 6.42 Å². The Morgan fingerprint density at radius 3 is 2.76 bits per heavy atom.